The minimum Gasteiger partial charge on any atom is -0.490 e. The van der Waals surface area contributed by atoms with Gasteiger partial charge in [0.25, 0.3) is 0 Å². The van der Waals surface area contributed by atoms with Gasteiger partial charge < -0.3 is 15.0 Å². The van der Waals surface area contributed by atoms with Crippen molar-refractivity contribution in [1.29, 1.82) is 0 Å². The van der Waals surface area contributed by atoms with E-state index in [1.807, 2.05) is 67.3 Å². The predicted molar refractivity (Wildman–Crippen MR) is 121 cm³/mol. The average molecular weight is 409 g/mol. The summed E-state index contributed by atoms with van der Waals surface area (Å²) in [5, 5.41) is 2.96. The first-order valence-electron chi connectivity index (χ1n) is 10.7. The first-order valence-corrected chi connectivity index (χ1v) is 10.7. The minimum absolute atomic E-state index is 0.0412. The van der Waals surface area contributed by atoms with Crippen LogP contribution in [0.3, 0.4) is 0 Å². The van der Waals surface area contributed by atoms with E-state index in [0.717, 1.165) is 17.7 Å². The second kappa shape index (κ2) is 9.33. The molecule has 3 rings (SSSR count). The van der Waals surface area contributed by atoms with E-state index in [0.29, 0.717) is 43.3 Å². The number of rotatable bonds is 7. The quantitative estimate of drug-likeness (QED) is 0.697. The fourth-order valence-corrected chi connectivity index (χ4v) is 3.46. The van der Waals surface area contributed by atoms with Crippen molar-refractivity contribution in [2.45, 2.75) is 47.0 Å². The maximum absolute atomic E-state index is 13.1. The molecule has 1 N–H and O–H groups in total. The molecule has 0 spiro atoms. The van der Waals surface area contributed by atoms with Crippen LogP contribution in [0.4, 0.5) is 11.4 Å². The summed E-state index contributed by atoms with van der Waals surface area (Å²) in [5.74, 6) is 1.16. The maximum atomic E-state index is 13.1. The molecule has 1 aliphatic heterocycles. The maximum Gasteiger partial charge on any atom is 0.236 e. The Hall–Kier alpha value is -2.82. The number of benzene rings is 2. The number of amides is 2. The Balaban J connectivity index is 1.74. The molecule has 0 aliphatic carbocycles. The van der Waals surface area contributed by atoms with Crippen LogP contribution in [0.2, 0.25) is 0 Å². The van der Waals surface area contributed by atoms with Crippen LogP contribution in [-0.2, 0) is 16.0 Å². The lowest BCUT2D eigenvalue weighted by Crippen LogP contribution is -2.42. The number of nitrogens with one attached hydrogen (secondary N) is 1. The van der Waals surface area contributed by atoms with Gasteiger partial charge in [-0.15, -0.1) is 0 Å². The van der Waals surface area contributed by atoms with Gasteiger partial charge in [0, 0.05) is 24.7 Å². The number of hydrogen-bond donors (Lipinski definition) is 1. The zero-order valence-corrected chi connectivity index (χ0v) is 18.4. The molecule has 2 aromatic rings. The van der Waals surface area contributed by atoms with E-state index in [9.17, 15) is 9.59 Å². The van der Waals surface area contributed by atoms with Crippen LogP contribution in [0.25, 0.3) is 0 Å². The van der Waals surface area contributed by atoms with Gasteiger partial charge in [-0.05, 0) is 50.3 Å². The SMILES string of the molecule is CC(C)CCN1C(=O)C(C)(C)COc2cc(NC(=O)CCc3ccccc3)ccc21. The second-order valence-corrected chi connectivity index (χ2v) is 9.03. The average Bonchev–Trinajstić information content (AvgIpc) is 2.80. The third kappa shape index (κ3) is 5.41. The largest absolute Gasteiger partial charge is 0.490 e. The lowest BCUT2D eigenvalue weighted by Gasteiger charge is -2.28. The van der Waals surface area contributed by atoms with E-state index in [1.165, 1.54) is 0 Å². The molecule has 2 aromatic carbocycles. The zero-order valence-electron chi connectivity index (χ0n) is 18.4. The summed E-state index contributed by atoms with van der Waals surface area (Å²) in [7, 11) is 0. The minimum atomic E-state index is -0.602. The number of carbonyl (C=O) groups is 2. The number of nitrogens with zero attached hydrogens (tertiary/aromatic N) is 1. The molecular formula is C25H32N2O3. The van der Waals surface area contributed by atoms with E-state index in [4.69, 9.17) is 4.74 Å². The Morgan fingerprint density at radius 3 is 2.60 bits per heavy atom. The molecule has 2 amide bonds. The summed E-state index contributed by atoms with van der Waals surface area (Å²) in [4.78, 5) is 27.3. The summed E-state index contributed by atoms with van der Waals surface area (Å²) in [5.41, 5.74) is 1.99. The fraction of sp³-hybridized carbons (Fsp3) is 0.440. The summed E-state index contributed by atoms with van der Waals surface area (Å²) in [6.45, 7) is 9.09. The summed E-state index contributed by atoms with van der Waals surface area (Å²) < 4.78 is 6.01. The predicted octanol–water partition coefficient (Wildman–Crippen LogP) is 5.06. The van der Waals surface area contributed by atoms with Crippen molar-refractivity contribution in [3.63, 3.8) is 0 Å². The Morgan fingerprint density at radius 1 is 1.17 bits per heavy atom. The van der Waals surface area contributed by atoms with Crippen molar-refractivity contribution in [2.24, 2.45) is 11.3 Å². The molecule has 160 valence electrons. The molecular weight excluding hydrogens is 376 g/mol. The molecule has 0 aromatic heterocycles. The highest BCUT2D eigenvalue weighted by molar-refractivity contribution is 6.00. The van der Waals surface area contributed by atoms with Gasteiger partial charge in [0.2, 0.25) is 11.8 Å². The van der Waals surface area contributed by atoms with Crippen molar-refractivity contribution >= 4 is 23.2 Å². The number of aryl methyl sites for hydroxylation is 1. The number of hydrogen-bond acceptors (Lipinski definition) is 3. The van der Waals surface area contributed by atoms with E-state index in [-0.39, 0.29) is 11.8 Å². The highest BCUT2D eigenvalue weighted by Gasteiger charge is 2.37. The molecule has 5 nitrogen and oxygen atoms in total. The van der Waals surface area contributed by atoms with Gasteiger partial charge in [0.15, 0.2) is 0 Å². The normalized spacial score (nSPS) is 15.4. The first-order chi connectivity index (χ1) is 14.3. The summed E-state index contributed by atoms with van der Waals surface area (Å²) in [6.07, 6.45) is 2.02. The molecule has 30 heavy (non-hydrogen) atoms. The lowest BCUT2D eigenvalue weighted by molar-refractivity contribution is -0.127. The number of fused-ring (bicyclic) bond motifs is 1. The highest BCUT2D eigenvalue weighted by atomic mass is 16.5. The third-order valence-electron chi connectivity index (χ3n) is 5.36. The van der Waals surface area contributed by atoms with Gasteiger partial charge in [-0.2, -0.15) is 0 Å². The van der Waals surface area contributed by atoms with Crippen LogP contribution in [0.5, 0.6) is 5.75 Å². The van der Waals surface area contributed by atoms with Crippen LogP contribution < -0.4 is 15.0 Å². The zero-order chi connectivity index (χ0) is 21.7. The highest BCUT2D eigenvalue weighted by Crippen LogP contribution is 2.38. The Kier molecular flexibility index (Phi) is 6.80. The Morgan fingerprint density at radius 2 is 1.90 bits per heavy atom. The van der Waals surface area contributed by atoms with Gasteiger partial charge in [-0.3, -0.25) is 9.59 Å². The topological polar surface area (TPSA) is 58.6 Å². The van der Waals surface area contributed by atoms with E-state index < -0.39 is 5.41 Å². The Bertz CT molecular complexity index is 891. The standard InChI is InChI=1S/C25H32N2O3/c1-18(2)14-15-27-21-12-11-20(16-22(21)30-17-25(3,4)24(27)29)26-23(28)13-10-19-8-6-5-7-9-19/h5-9,11-12,16,18H,10,13-15,17H2,1-4H3,(H,26,28). The molecule has 0 fully saturated rings. The van der Waals surface area contributed by atoms with Crippen molar-refractivity contribution < 1.29 is 14.3 Å². The van der Waals surface area contributed by atoms with Gasteiger partial charge in [-0.25, -0.2) is 0 Å². The molecule has 5 heteroatoms. The molecule has 0 saturated carbocycles. The Labute approximate surface area is 179 Å². The third-order valence-corrected chi connectivity index (χ3v) is 5.36. The van der Waals surface area contributed by atoms with Gasteiger partial charge in [0.05, 0.1) is 11.1 Å². The van der Waals surface area contributed by atoms with Gasteiger partial charge in [0.1, 0.15) is 12.4 Å². The van der Waals surface area contributed by atoms with Crippen LogP contribution in [0.1, 0.15) is 46.1 Å². The number of ether oxygens (including phenoxy) is 1. The summed E-state index contributed by atoms with van der Waals surface area (Å²) >= 11 is 0. The van der Waals surface area contributed by atoms with Crippen LogP contribution in [0.15, 0.2) is 48.5 Å². The first kappa shape index (κ1) is 21.9. The van der Waals surface area contributed by atoms with Crippen LogP contribution in [-0.4, -0.2) is 25.0 Å². The van der Waals surface area contributed by atoms with Gasteiger partial charge >= 0.3 is 0 Å². The number of carbonyl (C=O) groups excluding carboxylic acids is 2. The molecule has 1 aliphatic rings. The molecule has 0 unspecified atom stereocenters. The van der Waals surface area contributed by atoms with Crippen molar-refractivity contribution in [1.82, 2.24) is 0 Å². The molecule has 0 bridgehead atoms. The van der Waals surface area contributed by atoms with Crippen LogP contribution in [0, 0.1) is 11.3 Å². The van der Waals surface area contributed by atoms with Crippen molar-refractivity contribution in [3.05, 3.63) is 54.1 Å². The molecule has 0 atom stereocenters. The van der Waals surface area contributed by atoms with E-state index in [2.05, 4.69) is 19.2 Å². The second-order valence-electron chi connectivity index (χ2n) is 9.03. The smallest absolute Gasteiger partial charge is 0.236 e. The summed E-state index contributed by atoms with van der Waals surface area (Å²) in [6, 6.07) is 15.5. The lowest BCUT2D eigenvalue weighted by atomic mass is 9.92. The van der Waals surface area contributed by atoms with E-state index in [1.54, 1.807) is 0 Å². The molecule has 0 radical (unpaired) electrons. The fourth-order valence-electron chi connectivity index (χ4n) is 3.46. The van der Waals surface area contributed by atoms with Crippen molar-refractivity contribution in [3.8, 4) is 5.75 Å². The van der Waals surface area contributed by atoms with Crippen molar-refractivity contribution in [2.75, 3.05) is 23.4 Å². The molecule has 1 heterocycles. The van der Waals surface area contributed by atoms with Gasteiger partial charge in [-0.1, -0.05) is 44.2 Å². The van der Waals surface area contributed by atoms with E-state index >= 15 is 0 Å². The van der Waals surface area contributed by atoms with Crippen LogP contribution >= 0.6 is 0 Å². The number of anilines is 2. The monoisotopic (exact) mass is 408 g/mol. The molecule has 0 saturated heterocycles.